The van der Waals surface area contributed by atoms with Crippen LogP contribution in [0.25, 0.3) is 0 Å². The molecular weight excluding hydrogens is 368 g/mol. The van der Waals surface area contributed by atoms with E-state index >= 15 is 0 Å². The van der Waals surface area contributed by atoms with Gasteiger partial charge in [0.2, 0.25) is 5.13 Å². The Bertz CT molecular complexity index is 897. The van der Waals surface area contributed by atoms with Gasteiger partial charge in [-0.1, -0.05) is 29.2 Å². The van der Waals surface area contributed by atoms with E-state index in [0.717, 1.165) is 32.2 Å². The molecule has 0 saturated carbocycles. The summed E-state index contributed by atoms with van der Waals surface area (Å²) in [4.78, 5) is 12.7. The SMILES string of the molecule is C=CCNc1nnc(SCC(=O)c2cc(C)n(Cc3ccco3)c2C)s1. The number of carbonyl (C=O) groups excluding carboxylic acids is 1. The van der Waals surface area contributed by atoms with Crippen LogP contribution in [0.3, 0.4) is 0 Å². The zero-order chi connectivity index (χ0) is 18.5. The number of furan rings is 1. The Labute approximate surface area is 160 Å². The lowest BCUT2D eigenvalue weighted by Crippen LogP contribution is -2.07. The van der Waals surface area contributed by atoms with Crippen molar-refractivity contribution in [3.05, 3.63) is 59.8 Å². The van der Waals surface area contributed by atoms with Crippen molar-refractivity contribution in [2.24, 2.45) is 0 Å². The number of nitrogens with one attached hydrogen (secondary N) is 1. The molecule has 0 spiro atoms. The van der Waals surface area contributed by atoms with E-state index in [0.29, 0.717) is 18.8 Å². The van der Waals surface area contributed by atoms with Crippen LogP contribution in [0.4, 0.5) is 5.13 Å². The quantitative estimate of drug-likeness (QED) is 0.337. The van der Waals surface area contributed by atoms with E-state index in [1.807, 2.05) is 32.0 Å². The monoisotopic (exact) mass is 388 g/mol. The van der Waals surface area contributed by atoms with Crippen LogP contribution in [0, 0.1) is 13.8 Å². The second-order valence-corrected chi connectivity index (χ2v) is 7.90. The van der Waals surface area contributed by atoms with E-state index < -0.39 is 0 Å². The van der Waals surface area contributed by atoms with Crippen LogP contribution < -0.4 is 5.32 Å². The van der Waals surface area contributed by atoms with Gasteiger partial charge in [0.25, 0.3) is 0 Å². The van der Waals surface area contributed by atoms with Gasteiger partial charge in [0.1, 0.15) is 5.76 Å². The van der Waals surface area contributed by atoms with Crippen LogP contribution in [-0.2, 0) is 6.54 Å². The van der Waals surface area contributed by atoms with Crippen molar-refractivity contribution in [3.63, 3.8) is 0 Å². The van der Waals surface area contributed by atoms with Crippen LogP contribution in [0.1, 0.15) is 27.5 Å². The number of aryl methyl sites for hydroxylation is 1. The minimum atomic E-state index is 0.0876. The van der Waals surface area contributed by atoms with Crippen molar-refractivity contribution in [2.75, 3.05) is 17.6 Å². The predicted octanol–water partition coefficient (Wildman–Crippen LogP) is 4.17. The number of anilines is 1. The maximum atomic E-state index is 12.7. The van der Waals surface area contributed by atoms with E-state index in [-0.39, 0.29) is 5.78 Å². The van der Waals surface area contributed by atoms with Gasteiger partial charge in [0.05, 0.1) is 18.6 Å². The average molecular weight is 389 g/mol. The molecule has 0 aromatic carbocycles. The largest absolute Gasteiger partial charge is 0.467 e. The smallest absolute Gasteiger partial charge is 0.206 e. The Morgan fingerprint density at radius 3 is 3.04 bits per heavy atom. The lowest BCUT2D eigenvalue weighted by molar-refractivity contribution is 0.102. The summed E-state index contributed by atoms with van der Waals surface area (Å²) in [7, 11) is 0. The number of ketones is 1. The molecule has 3 aromatic heterocycles. The minimum absolute atomic E-state index is 0.0876. The van der Waals surface area contributed by atoms with Crippen molar-refractivity contribution in [1.29, 1.82) is 0 Å². The number of nitrogens with zero attached hydrogens (tertiary/aromatic N) is 3. The summed E-state index contributed by atoms with van der Waals surface area (Å²) in [5.41, 5.74) is 2.74. The standard InChI is InChI=1S/C18H20N4O2S2/c1-4-7-19-17-20-21-18(26-17)25-11-16(23)15-9-12(2)22(13(15)3)10-14-6-5-8-24-14/h4-6,8-9H,1,7,10-11H2,2-3H3,(H,19,20). The van der Waals surface area contributed by atoms with Crippen molar-refractivity contribution < 1.29 is 9.21 Å². The number of hydrogen-bond donors (Lipinski definition) is 1. The summed E-state index contributed by atoms with van der Waals surface area (Å²) in [6.07, 6.45) is 3.42. The summed E-state index contributed by atoms with van der Waals surface area (Å²) >= 11 is 2.85. The van der Waals surface area contributed by atoms with E-state index in [1.54, 1.807) is 12.3 Å². The molecule has 6 nitrogen and oxygen atoms in total. The fraction of sp³-hybridized carbons (Fsp3) is 0.278. The third-order valence-electron chi connectivity index (χ3n) is 3.90. The van der Waals surface area contributed by atoms with Gasteiger partial charge >= 0.3 is 0 Å². The third kappa shape index (κ3) is 4.25. The van der Waals surface area contributed by atoms with Crippen molar-refractivity contribution in [1.82, 2.24) is 14.8 Å². The summed E-state index contributed by atoms with van der Waals surface area (Å²) < 4.78 is 8.29. The molecule has 3 rings (SSSR count). The van der Waals surface area contributed by atoms with Crippen molar-refractivity contribution in [3.8, 4) is 0 Å². The molecule has 3 heterocycles. The Hall–Kier alpha value is -2.32. The van der Waals surface area contributed by atoms with Crippen LogP contribution in [0.15, 0.2) is 45.9 Å². The molecule has 0 fully saturated rings. The average Bonchev–Trinajstić information content (AvgIpc) is 3.36. The molecule has 0 radical (unpaired) electrons. The van der Waals surface area contributed by atoms with Gasteiger partial charge in [-0.2, -0.15) is 0 Å². The Kier molecular flexibility index (Phi) is 5.95. The second-order valence-electron chi connectivity index (χ2n) is 5.70. The number of rotatable bonds is 9. The number of aromatic nitrogens is 3. The first kappa shape index (κ1) is 18.5. The van der Waals surface area contributed by atoms with Gasteiger partial charge in [-0.05, 0) is 32.0 Å². The predicted molar refractivity (Wildman–Crippen MR) is 105 cm³/mol. The Morgan fingerprint density at radius 1 is 1.46 bits per heavy atom. The van der Waals surface area contributed by atoms with Crippen LogP contribution in [-0.4, -0.2) is 32.8 Å². The first-order valence-electron chi connectivity index (χ1n) is 8.12. The molecule has 26 heavy (non-hydrogen) atoms. The molecule has 136 valence electrons. The van der Waals surface area contributed by atoms with Crippen LogP contribution in [0.5, 0.6) is 0 Å². The maximum Gasteiger partial charge on any atom is 0.206 e. The van der Waals surface area contributed by atoms with E-state index in [9.17, 15) is 4.79 Å². The normalized spacial score (nSPS) is 10.8. The zero-order valence-electron chi connectivity index (χ0n) is 14.7. The molecular formula is C18H20N4O2S2. The summed E-state index contributed by atoms with van der Waals surface area (Å²) in [6, 6.07) is 5.74. The Balaban J connectivity index is 1.64. The van der Waals surface area contributed by atoms with Crippen LogP contribution >= 0.6 is 23.1 Å². The lowest BCUT2D eigenvalue weighted by Gasteiger charge is -2.07. The van der Waals surface area contributed by atoms with Gasteiger partial charge in [-0.3, -0.25) is 4.79 Å². The first-order chi connectivity index (χ1) is 12.6. The highest BCUT2D eigenvalue weighted by molar-refractivity contribution is 8.01. The molecule has 0 bridgehead atoms. The molecule has 0 unspecified atom stereocenters. The van der Waals surface area contributed by atoms with Crippen molar-refractivity contribution >= 4 is 34.0 Å². The minimum Gasteiger partial charge on any atom is -0.467 e. The number of carbonyl (C=O) groups is 1. The summed E-state index contributed by atoms with van der Waals surface area (Å²) in [5, 5.41) is 12.0. The third-order valence-corrected chi connectivity index (χ3v) is 5.91. The van der Waals surface area contributed by atoms with Gasteiger partial charge < -0.3 is 14.3 Å². The molecule has 0 atom stereocenters. The molecule has 0 aliphatic heterocycles. The molecule has 1 N–H and O–H groups in total. The fourth-order valence-corrected chi connectivity index (χ4v) is 4.23. The molecule has 0 aliphatic carbocycles. The lowest BCUT2D eigenvalue weighted by atomic mass is 10.2. The van der Waals surface area contributed by atoms with E-state index in [1.165, 1.54) is 23.1 Å². The van der Waals surface area contributed by atoms with E-state index in [2.05, 4.69) is 26.7 Å². The molecule has 0 saturated heterocycles. The number of thioether (sulfide) groups is 1. The zero-order valence-corrected chi connectivity index (χ0v) is 16.3. The molecule has 8 heteroatoms. The molecule has 3 aromatic rings. The van der Waals surface area contributed by atoms with Crippen LogP contribution in [0.2, 0.25) is 0 Å². The molecule has 0 aliphatic rings. The van der Waals surface area contributed by atoms with Gasteiger partial charge in [0, 0.05) is 23.5 Å². The van der Waals surface area contributed by atoms with Crippen molar-refractivity contribution in [2.45, 2.75) is 24.7 Å². The van der Waals surface area contributed by atoms with Gasteiger partial charge in [-0.25, -0.2) is 0 Å². The number of Topliss-reactive ketones (excluding diaryl/α,β-unsaturated/α-hetero) is 1. The maximum absolute atomic E-state index is 12.7. The number of hydrogen-bond acceptors (Lipinski definition) is 7. The van der Waals surface area contributed by atoms with Gasteiger partial charge in [-0.15, -0.1) is 16.8 Å². The summed E-state index contributed by atoms with van der Waals surface area (Å²) in [6.45, 7) is 8.89. The van der Waals surface area contributed by atoms with Gasteiger partial charge in [0.15, 0.2) is 10.1 Å². The highest BCUT2D eigenvalue weighted by atomic mass is 32.2. The highest BCUT2D eigenvalue weighted by Gasteiger charge is 2.17. The highest BCUT2D eigenvalue weighted by Crippen LogP contribution is 2.27. The first-order valence-corrected chi connectivity index (χ1v) is 9.92. The molecule has 0 amide bonds. The fourth-order valence-electron chi connectivity index (χ4n) is 2.59. The second kappa shape index (κ2) is 8.37. The summed E-state index contributed by atoms with van der Waals surface area (Å²) in [5.74, 6) is 1.29. The van der Waals surface area contributed by atoms with E-state index in [4.69, 9.17) is 4.42 Å². The topological polar surface area (TPSA) is 73.0 Å². The Morgan fingerprint density at radius 2 is 2.31 bits per heavy atom.